The van der Waals surface area contributed by atoms with Gasteiger partial charge in [0, 0.05) is 17.0 Å². The van der Waals surface area contributed by atoms with Crippen molar-refractivity contribution in [3.8, 4) is 0 Å². The van der Waals surface area contributed by atoms with Crippen molar-refractivity contribution in [2.75, 3.05) is 0 Å². The molecule has 0 fully saturated rings. The highest BCUT2D eigenvalue weighted by Crippen LogP contribution is 2.37. The average Bonchev–Trinajstić information content (AvgIpc) is 2.77. The minimum atomic E-state index is -0.0332. The van der Waals surface area contributed by atoms with Crippen molar-refractivity contribution in [2.45, 2.75) is 85.0 Å². The van der Waals surface area contributed by atoms with Crippen LogP contribution in [0.15, 0.2) is 12.3 Å². The number of rotatable bonds is 2. The van der Waals surface area contributed by atoms with Gasteiger partial charge in [0.1, 0.15) is 5.82 Å². The molecule has 2 rings (SSSR count). The largest absolute Gasteiger partial charge is 0.235 e. The van der Waals surface area contributed by atoms with Crippen molar-refractivity contribution in [3.63, 3.8) is 0 Å². The molecule has 2 aromatic rings. The second-order valence-electron chi connectivity index (χ2n) is 9.03. The Morgan fingerprint density at radius 3 is 2.00 bits per heavy atom. The van der Waals surface area contributed by atoms with Crippen molar-refractivity contribution < 1.29 is 0 Å². The summed E-state index contributed by atoms with van der Waals surface area (Å²) in [5, 5.41) is 4.64. The van der Waals surface area contributed by atoms with E-state index in [1.54, 1.807) is 0 Å². The zero-order valence-electron chi connectivity index (χ0n) is 15.7. The monoisotopic (exact) mass is 301 g/mol. The Labute approximate surface area is 135 Å². The summed E-state index contributed by atoms with van der Waals surface area (Å²) in [5.74, 6) is 1.05. The highest BCUT2D eigenvalue weighted by molar-refractivity contribution is 5.63. The van der Waals surface area contributed by atoms with Crippen LogP contribution in [0, 0.1) is 0 Å². The fourth-order valence-electron chi connectivity index (χ4n) is 2.75. The van der Waals surface area contributed by atoms with E-state index in [-0.39, 0.29) is 16.2 Å². The zero-order chi connectivity index (χ0) is 16.9. The summed E-state index contributed by atoms with van der Waals surface area (Å²) in [4.78, 5) is 5.08. The molecule has 3 heteroatoms. The van der Waals surface area contributed by atoms with Crippen LogP contribution in [-0.2, 0) is 16.2 Å². The highest BCUT2D eigenvalue weighted by Gasteiger charge is 2.33. The van der Waals surface area contributed by atoms with Gasteiger partial charge in [-0.15, -0.1) is 0 Å². The first-order valence-corrected chi connectivity index (χ1v) is 8.29. The van der Waals surface area contributed by atoms with Crippen molar-refractivity contribution in [1.82, 2.24) is 14.6 Å². The molecule has 0 aliphatic carbocycles. The van der Waals surface area contributed by atoms with Gasteiger partial charge in [0.25, 0.3) is 0 Å². The van der Waals surface area contributed by atoms with Gasteiger partial charge in [-0.1, -0.05) is 62.3 Å². The van der Waals surface area contributed by atoms with Gasteiger partial charge in [0.2, 0.25) is 0 Å². The minimum absolute atomic E-state index is 0.0332. The molecule has 0 aliphatic rings. The fraction of sp³-hybridized carbons (Fsp3) is 0.684. The highest BCUT2D eigenvalue weighted by atomic mass is 15.3. The Balaban J connectivity index is 2.96. The third-order valence-corrected chi connectivity index (χ3v) is 4.54. The summed E-state index contributed by atoms with van der Waals surface area (Å²) < 4.78 is 2.08. The number of fused-ring (bicyclic) bond motifs is 1. The quantitative estimate of drug-likeness (QED) is 0.780. The van der Waals surface area contributed by atoms with Crippen molar-refractivity contribution in [1.29, 1.82) is 0 Å². The average molecular weight is 301 g/mol. The molecule has 0 atom stereocenters. The topological polar surface area (TPSA) is 30.2 Å². The molecule has 22 heavy (non-hydrogen) atoms. The number of hydrogen-bond acceptors (Lipinski definition) is 2. The van der Waals surface area contributed by atoms with Crippen molar-refractivity contribution in [2.24, 2.45) is 0 Å². The van der Waals surface area contributed by atoms with Crippen LogP contribution in [0.2, 0.25) is 0 Å². The summed E-state index contributed by atoms with van der Waals surface area (Å²) in [6.45, 7) is 20.2. The number of aromatic nitrogens is 3. The molecule has 2 heterocycles. The van der Waals surface area contributed by atoms with E-state index in [0.29, 0.717) is 0 Å². The van der Waals surface area contributed by atoms with E-state index in [2.05, 4.69) is 78.0 Å². The van der Waals surface area contributed by atoms with Gasteiger partial charge in [-0.2, -0.15) is 5.10 Å². The second kappa shape index (κ2) is 5.07. The molecule has 0 N–H and O–H groups in total. The minimum Gasteiger partial charge on any atom is -0.235 e. The smallest absolute Gasteiger partial charge is 0.136 e. The lowest BCUT2D eigenvalue weighted by Gasteiger charge is -2.25. The number of imidazole rings is 1. The van der Waals surface area contributed by atoms with E-state index in [4.69, 9.17) is 4.98 Å². The van der Waals surface area contributed by atoms with E-state index in [0.717, 1.165) is 12.2 Å². The molecular weight excluding hydrogens is 270 g/mol. The summed E-state index contributed by atoms with van der Waals surface area (Å²) >= 11 is 0. The van der Waals surface area contributed by atoms with Gasteiger partial charge < -0.3 is 0 Å². The first-order valence-electron chi connectivity index (χ1n) is 8.29. The Morgan fingerprint density at radius 1 is 0.955 bits per heavy atom. The van der Waals surface area contributed by atoms with Crippen LogP contribution in [0.3, 0.4) is 0 Å². The molecule has 0 saturated carbocycles. The van der Waals surface area contributed by atoms with E-state index in [1.165, 1.54) is 16.8 Å². The summed E-state index contributed by atoms with van der Waals surface area (Å²) in [5.41, 5.74) is 3.77. The first kappa shape index (κ1) is 17.0. The van der Waals surface area contributed by atoms with E-state index in [1.807, 2.05) is 6.20 Å². The maximum atomic E-state index is 5.08. The predicted octanol–water partition coefficient (Wildman–Crippen LogP) is 5.01. The molecule has 0 radical (unpaired) electrons. The van der Waals surface area contributed by atoms with Crippen LogP contribution < -0.4 is 0 Å². The van der Waals surface area contributed by atoms with Crippen LogP contribution >= 0.6 is 0 Å². The fourth-order valence-corrected chi connectivity index (χ4v) is 2.75. The van der Waals surface area contributed by atoms with E-state index >= 15 is 0 Å². The number of hydrogen-bond donors (Lipinski definition) is 0. The Morgan fingerprint density at radius 2 is 1.55 bits per heavy atom. The molecule has 2 aromatic heterocycles. The van der Waals surface area contributed by atoms with E-state index in [9.17, 15) is 0 Å². The predicted molar refractivity (Wildman–Crippen MR) is 93.7 cm³/mol. The molecule has 0 bridgehead atoms. The lowest BCUT2D eigenvalue weighted by molar-refractivity contribution is 0.486. The molecule has 0 aromatic carbocycles. The van der Waals surface area contributed by atoms with Crippen LogP contribution in [0.4, 0.5) is 0 Å². The molecule has 3 nitrogen and oxygen atoms in total. The molecule has 0 spiro atoms. The molecule has 0 unspecified atom stereocenters. The molecule has 122 valence electrons. The van der Waals surface area contributed by atoms with Crippen molar-refractivity contribution >= 4 is 5.52 Å². The molecular formula is C19H31N3. The van der Waals surface area contributed by atoms with Crippen LogP contribution in [0.25, 0.3) is 5.52 Å². The Kier molecular flexibility index (Phi) is 3.92. The summed E-state index contributed by atoms with van der Waals surface area (Å²) in [7, 11) is 0. The maximum Gasteiger partial charge on any atom is 0.136 e. The van der Waals surface area contributed by atoms with Crippen LogP contribution in [0.1, 0.15) is 85.8 Å². The Hall–Kier alpha value is -1.38. The van der Waals surface area contributed by atoms with E-state index < -0.39 is 0 Å². The molecule has 0 saturated heterocycles. The number of nitrogens with zero attached hydrogens (tertiary/aromatic N) is 3. The van der Waals surface area contributed by atoms with Crippen molar-refractivity contribution in [3.05, 3.63) is 29.3 Å². The van der Waals surface area contributed by atoms with Gasteiger partial charge in [-0.05, 0) is 23.5 Å². The van der Waals surface area contributed by atoms with Gasteiger partial charge >= 0.3 is 0 Å². The SMILES string of the molecule is CCC(C)(C)c1nc(C(C)(C)C)n2nccc(C(C)(C)C)c12. The normalized spacial score (nSPS) is 13.9. The lowest BCUT2D eigenvalue weighted by atomic mass is 9.81. The third kappa shape index (κ3) is 2.78. The second-order valence-corrected chi connectivity index (χ2v) is 9.03. The van der Waals surface area contributed by atoms with Gasteiger partial charge in [0.15, 0.2) is 0 Å². The lowest BCUT2D eigenvalue weighted by Crippen LogP contribution is -2.20. The van der Waals surface area contributed by atoms with Gasteiger partial charge in [-0.25, -0.2) is 9.50 Å². The van der Waals surface area contributed by atoms with Crippen LogP contribution in [-0.4, -0.2) is 14.6 Å². The maximum absolute atomic E-state index is 5.08. The van der Waals surface area contributed by atoms with Gasteiger partial charge in [-0.3, -0.25) is 0 Å². The first-order chi connectivity index (χ1) is 9.89. The Bertz CT molecular complexity index is 679. The molecule has 0 amide bonds. The summed E-state index contributed by atoms with van der Waals surface area (Å²) in [6, 6.07) is 2.15. The zero-order valence-corrected chi connectivity index (χ0v) is 15.7. The van der Waals surface area contributed by atoms with Gasteiger partial charge in [0.05, 0.1) is 11.2 Å². The molecule has 0 aliphatic heterocycles. The summed E-state index contributed by atoms with van der Waals surface area (Å²) in [6.07, 6.45) is 2.97. The van der Waals surface area contributed by atoms with Crippen LogP contribution in [0.5, 0.6) is 0 Å². The third-order valence-electron chi connectivity index (χ3n) is 4.54. The standard InChI is InChI=1S/C19H31N3/c1-10-19(8,9)15-14-13(17(2,3)4)11-12-20-22(14)16(21-15)18(5,6)7/h11-12H,10H2,1-9H3.